The van der Waals surface area contributed by atoms with Crippen LogP contribution >= 0.6 is 11.3 Å². The molecule has 0 saturated heterocycles. The summed E-state index contributed by atoms with van der Waals surface area (Å²) in [4.78, 5) is 46.3. The molecule has 0 aliphatic rings. The number of rotatable bonds is 4. The maximum atomic E-state index is 12.2. The molecular weight excluding hydrogens is 318 g/mol. The van der Waals surface area contributed by atoms with E-state index in [0.29, 0.717) is 27.3 Å². The molecule has 0 atom stereocenters. The summed E-state index contributed by atoms with van der Waals surface area (Å²) in [7, 11) is 0. The number of carbonyl (C=O) groups excluding carboxylic acids is 2. The molecule has 0 bridgehead atoms. The van der Waals surface area contributed by atoms with Crippen molar-refractivity contribution in [2.24, 2.45) is 0 Å². The Balaban J connectivity index is 1.84. The molecule has 2 N–H and O–H groups in total. The Labute approximate surface area is 134 Å². The quantitative estimate of drug-likeness (QED) is 0.562. The molecule has 0 amide bonds. The van der Waals surface area contributed by atoms with Crippen molar-refractivity contribution < 1.29 is 14.3 Å². The standard InChI is InChI=1S/C15H13N3O4S/c1-7-11-13(20)17-8(2)18-14(11)23-12(7)15(21)22-6-10(19)9-4-3-5-16-9/h3-5,16H,6H2,1-2H3,(H,17,18,20). The topological polar surface area (TPSA) is 105 Å². The van der Waals surface area contributed by atoms with E-state index < -0.39 is 5.97 Å². The van der Waals surface area contributed by atoms with Crippen LogP contribution in [-0.2, 0) is 4.74 Å². The summed E-state index contributed by atoms with van der Waals surface area (Å²) in [6.45, 7) is 2.97. The number of nitrogens with one attached hydrogen (secondary N) is 2. The van der Waals surface area contributed by atoms with E-state index in [-0.39, 0.29) is 22.8 Å². The Morgan fingerprint density at radius 3 is 2.83 bits per heavy atom. The van der Waals surface area contributed by atoms with Crippen molar-refractivity contribution in [2.45, 2.75) is 13.8 Å². The molecule has 0 aliphatic heterocycles. The van der Waals surface area contributed by atoms with Gasteiger partial charge in [0.2, 0.25) is 5.78 Å². The van der Waals surface area contributed by atoms with Gasteiger partial charge in [-0.3, -0.25) is 9.59 Å². The molecule has 0 aliphatic carbocycles. The van der Waals surface area contributed by atoms with Crippen LogP contribution in [0.25, 0.3) is 10.2 Å². The second kappa shape index (κ2) is 5.81. The number of aromatic nitrogens is 3. The lowest BCUT2D eigenvalue weighted by Crippen LogP contribution is -2.14. The lowest BCUT2D eigenvalue weighted by atomic mass is 10.2. The summed E-state index contributed by atoms with van der Waals surface area (Å²) >= 11 is 1.08. The summed E-state index contributed by atoms with van der Waals surface area (Å²) in [5.74, 6) is -0.484. The average molecular weight is 331 g/mol. The highest BCUT2D eigenvalue weighted by Crippen LogP contribution is 2.27. The SMILES string of the molecule is Cc1nc2sc(C(=O)OCC(=O)c3ccc[nH]3)c(C)c2c(=O)[nH]1. The third-order valence-corrected chi connectivity index (χ3v) is 4.50. The van der Waals surface area contributed by atoms with E-state index >= 15 is 0 Å². The molecule has 0 unspecified atom stereocenters. The van der Waals surface area contributed by atoms with Gasteiger partial charge in [0, 0.05) is 6.20 Å². The molecule has 0 aromatic carbocycles. The molecule has 0 spiro atoms. The number of ether oxygens (including phenoxy) is 1. The van der Waals surface area contributed by atoms with Crippen LogP contribution in [0.2, 0.25) is 0 Å². The lowest BCUT2D eigenvalue weighted by Gasteiger charge is -2.02. The van der Waals surface area contributed by atoms with Crippen molar-refractivity contribution in [3.63, 3.8) is 0 Å². The van der Waals surface area contributed by atoms with Gasteiger partial charge in [0.15, 0.2) is 6.61 Å². The Morgan fingerprint density at radius 2 is 2.13 bits per heavy atom. The monoisotopic (exact) mass is 331 g/mol. The summed E-state index contributed by atoms with van der Waals surface area (Å²) in [5, 5.41) is 0.378. The van der Waals surface area contributed by atoms with Crippen molar-refractivity contribution in [3.8, 4) is 0 Å². The van der Waals surface area contributed by atoms with E-state index in [1.807, 2.05) is 0 Å². The van der Waals surface area contributed by atoms with Gasteiger partial charge >= 0.3 is 5.97 Å². The Hall–Kier alpha value is -2.74. The molecule has 0 saturated carbocycles. The highest BCUT2D eigenvalue weighted by molar-refractivity contribution is 7.20. The number of thiophene rings is 1. The van der Waals surface area contributed by atoms with Gasteiger partial charge in [0.1, 0.15) is 15.5 Å². The fourth-order valence-corrected chi connectivity index (χ4v) is 3.35. The fourth-order valence-electron chi connectivity index (χ4n) is 2.22. The van der Waals surface area contributed by atoms with Crippen LogP contribution in [-0.4, -0.2) is 33.3 Å². The van der Waals surface area contributed by atoms with E-state index in [4.69, 9.17) is 4.74 Å². The number of nitrogens with zero attached hydrogens (tertiary/aromatic N) is 1. The lowest BCUT2D eigenvalue weighted by molar-refractivity contribution is 0.0478. The molecule has 7 nitrogen and oxygen atoms in total. The van der Waals surface area contributed by atoms with Crippen molar-refractivity contribution in [2.75, 3.05) is 6.61 Å². The van der Waals surface area contributed by atoms with E-state index in [1.54, 1.807) is 32.2 Å². The van der Waals surface area contributed by atoms with Gasteiger partial charge in [0.25, 0.3) is 5.56 Å². The number of hydrogen-bond donors (Lipinski definition) is 2. The average Bonchev–Trinajstić information content (AvgIpc) is 3.12. The predicted octanol–water partition coefficient (Wildman–Crippen LogP) is 1.97. The van der Waals surface area contributed by atoms with Gasteiger partial charge in [-0.15, -0.1) is 11.3 Å². The molecule has 3 rings (SSSR count). The number of aromatic amines is 2. The largest absolute Gasteiger partial charge is 0.453 e. The van der Waals surface area contributed by atoms with Gasteiger partial charge in [-0.2, -0.15) is 0 Å². The number of carbonyl (C=O) groups is 2. The summed E-state index contributed by atoms with van der Waals surface area (Å²) < 4.78 is 5.06. The zero-order valence-corrected chi connectivity index (χ0v) is 13.2. The maximum absolute atomic E-state index is 12.2. The van der Waals surface area contributed by atoms with Crippen molar-refractivity contribution in [1.29, 1.82) is 0 Å². The fraction of sp³-hybridized carbons (Fsp3) is 0.200. The number of ketones is 1. The summed E-state index contributed by atoms with van der Waals surface area (Å²) in [5.41, 5.74) is 0.596. The Morgan fingerprint density at radius 1 is 1.35 bits per heavy atom. The number of hydrogen-bond acceptors (Lipinski definition) is 6. The van der Waals surface area contributed by atoms with Gasteiger partial charge in [-0.05, 0) is 31.5 Å². The highest BCUT2D eigenvalue weighted by atomic mass is 32.1. The van der Waals surface area contributed by atoms with Crippen molar-refractivity contribution in [1.82, 2.24) is 15.0 Å². The summed E-state index contributed by atoms with van der Waals surface area (Å²) in [6.07, 6.45) is 1.62. The smallest absolute Gasteiger partial charge is 0.349 e. The van der Waals surface area contributed by atoms with Gasteiger partial charge in [-0.25, -0.2) is 9.78 Å². The predicted molar refractivity (Wildman–Crippen MR) is 85.1 cm³/mol. The summed E-state index contributed by atoms with van der Waals surface area (Å²) in [6, 6.07) is 3.29. The van der Waals surface area contributed by atoms with Crippen LogP contribution in [0.4, 0.5) is 0 Å². The molecule has 0 radical (unpaired) electrons. The van der Waals surface area contributed by atoms with Crippen molar-refractivity contribution in [3.05, 3.63) is 50.6 Å². The first-order chi connectivity index (χ1) is 11.0. The third-order valence-electron chi connectivity index (χ3n) is 3.34. The molecule has 3 aromatic heterocycles. The second-order valence-electron chi connectivity index (χ2n) is 4.97. The van der Waals surface area contributed by atoms with Crippen LogP contribution in [0.1, 0.15) is 31.5 Å². The number of fused-ring (bicyclic) bond motifs is 1. The molecule has 0 fully saturated rings. The maximum Gasteiger partial charge on any atom is 0.349 e. The first-order valence-electron chi connectivity index (χ1n) is 6.81. The normalized spacial score (nSPS) is 10.9. The number of esters is 1. The van der Waals surface area contributed by atoms with Crippen LogP contribution < -0.4 is 5.56 Å². The van der Waals surface area contributed by atoms with E-state index in [1.165, 1.54) is 0 Å². The number of Topliss-reactive ketones (excluding diaryl/α,β-unsaturated/α-hetero) is 1. The number of aryl methyl sites for hydroxylation is 2. The van der Waals surface area contributed by atoms with Gasteiger partial charge in [-0.1, -0.05) is 0 Å². The molecular formula is C15H13N3O4S. The molecule has 3 aromatic rings. The Bertz CT molecular complexity index is 953. The van der Waals surface area contributed by atoms with Crippen LogP contribution in [0, 0.1) is 13.8 Å². The van der Waals surface area contributed by atoms with Crippen LogP contribution in [0.3, 0.4) is 0 Å². The molecule has 23 heavy (non-hydrogen) atoms. The first-order valence-corrected chi connectivity index (χ1v) is 7.62. The van der Waals surface area contributed by atoms with E-state index in [9.17, 15) is 14.4 Å². The Kier molecular flexibility index (Phi) is 3.83. The minimum absolute atomic E-state index is 0.280. The third kappa shape index (κ3) is 2.80. The van der Waals surface area contributed by atoms with Gasteiger partial charge in [0.05, 0.1) is 11.1 Å². The number of H-pyrrole nitrogens is 2. The van der Waals surface area contributed by atoms with Crippen LogP contribution in [0.5, 0.6) is 0 Å². The zero-order chi connectivity index (χ0) is 16.6. The zero-order valence-electron chi connectivity index (χ0n) is 12.4. The molecule has 3 heterocycles. The molecule has 8 heteroatoms. The van der Waals surface area contributed by atoms with Gasteiger partial charge < -0.3 is 14.7 Å². The van der Waals surface area contributed by atoms with E-state index in [0.717, 1.165) is 11.3 Å². The molecule has 118 valence electrons. The second-order valence-corrected chi connectivity index (χ2v) is 5.97. The van der Waals surface area contributed by atoms with Crippen LogP contribution in [0.15, 0.2) is 23.1 Å². The minimum atomic E-state index is -0.637. The minimum Gasteiger partial charge on any atom is -0.453 e. The van der Waals surface area contributed by atoms with E-state index in [2.05, 4.69) is 15.0 Å². The first kappa shape index (κ1) is 15.2. The highest BCUT2D eigenvalue weighted by Gasteiger charge is 2.21. The van der Waals surface area contributed by atoms with Crippen molar-refractivity contribution >= 4 is 33.3 Å².